The number of aromatic nitrogens is 2. The lowest BCUT2D eigenvalue weighted by Crippen LogP contribution is -2.26. The molecule has 0 unspecified atom stereocenters. The quantitative estimate of drug-likeness (QED) is 0.818. The maximum atomic E-state index is 13.0. The van der Waals surface area contributed by atoms with E-state index in [0.717, 1.165) is 0 Å². The number of ether oxygens (including phenoxy) is 1. The van der Waals surface area contributed by atoms with E-state index in [0.29, 0.717) is 5.56 Å². The summed E-state index contributed by atoms with van der Waals surface area (Å²) in [5, 5.41) is 2.50. The van der Waals surface area contributed by atoms with Crippen LogP contribution in [0.2, 0.25) is 0 Å². The second kappa shape index (κ2) is 7.71. The average Bonchev–Trinajstić information content (AvgIpc) is 2.51. The average molecular weight is 343 g/mol. The van der Waals surface area contributed by atoms with Crippen molar-refractivity contribution in [3.05, 3.63) is 53.7 Å². The number of hydrogen-bond acceptors (Lipinski definition) is 4. The Hall–Kier alpha value is -2.71. The molecule has 128 valence electrons. The lowest BCUT2D eigenvalue weighted by molar-refractivity contribution is -0.154. The Kier molecular flexibility index (Phi) is 5.67. The molecule has 24 heavy (non-hydrogen) atoms. The standard InChI is InChI=1S/C15H13F4N3O2/c16-11-3-1-2-10(6-11)7-13(23)21-8-12-20-5-4-14(22-12)24-9-15(17,18)19/h1-6H,7-9H2,(H,21,23). The Labute approximate surface area is 134 Å². The molecule has 1 aromatic carbocycles. The number of amides is 1. The van der Waals surface area contributed by atoms with E-state index >= 15 is 0 Å². The molecule has 1 N–H and O–H groups in total. The minimum atomic E-state index is -4.47. The van der Waals surface area contributed by atoms with Crippen molar-refractivity contribution in [2.45, 2.75) is 19.1 Å². The second-order valence-corrected chi connectivity index (χ2v) is 4.80. The Morgan fingerprint density at radius 2 is 2.04 bits per heavy atom. The van der Waals surface area contributed by atoms with Crippen molar-refractivity contribution in [3.8, 4) is 5.88 Å². The van der Waals surface area contributed by atoms with Crippen LogP contribution < -0.4 is 10.1 Å². The smallest absolute Gasteiger partial charge is 0.422 e. The van der Waals surface area contributed by atoms with Gasteiger partial charge in [0.1, 0.15) is 5.82 Å². The number of halogens is 4. The van der Waals surface area contributed by atoms with Crippen LogP contribution in [0, 0.1) is 5.82 Å². The molecule has 9 heteroatoms. The van der Waals surface area contributed by atoms with E-state index in [1.54, 1.807) is 6.07 Å². The van der Waals surface area contributed by atoms with Crippen molar-refractivity contribution in [1.82, 2.24) is 15.3 Å². The molecule has 0 aliphatic rings. The first-order chi connectivity index (χ1) is 11.3. The molecule has 0 aliphatic carbocycles. The maximum absolute atomic E-state index is 13.0. The van der Waals surface area contributed by atoms with Gasteiger partial charge in [0.05, 0.1) is 13.0 Å². The van der Waals surface area contributed by atoms with Crippen LogP contribution in [0.25, 0.3) is 0 Å². The lowest BCUT2D eigenvalue weighted by Gasteiger charge is -2.09. The van der Waals surface area contributed by atoms with Crippen LogP contribution in [0.15, 0.2) is 36.5 Å². The third kappa shape index (κ3) is 6.19. The molecule has 2 aromatic rings. The number of nitrogens with one attached hydrogen (secondary N) is 1. The molecule has 2 rings (SSSR count). The van der Waals surface area contributed by atoms with Gasteiger partial charge in [0.25, 0.3) is 0 Å². The van der Waals surface area contributed by atoms with E-state index < -0.39 is 24.5 Å². The molecule has 0 aliphatic heterocycles. The van der Waals surface area contributed by atoms with Crippen LogP contribution >= 0.6 is 0 Å². The Morgan fingerprint density at radius 1 is 1.25 bits per heavy atom. The van der Waals surface area contributed by atoms with Crippen molar-refractivity contribution in [2.24, 2.45) is 0 Å². The SMILES string of the molecule is O=C(Cc1cccc(F)c1)NCc1nccc(OCC(F)(F)F)n1. The van der Waals surface area contributed by atoms with Crippen LogP contribution in [0.1, 0.15) is 11.4 Å². The monoisotopic (exact) mass is 343 g/mol. The van der Waals surface area contributed by atoms with Crippen LogP contribution in [0.3, 0.4) is 0 Å². The first-order valence-electron chi connectivity index (χ1n) is 6.84. The number of alkyl halides is 3. The third-order valence-corrected chi connectivity index (χ3v) is 2.76. The molecule has 0 atom stereocenters. The normalized spacial score (nSPS) is 11.2. The highest BCUT2D eigenvalue weighted by atomic mass is 19.4. The molecular formula is C15H13F4N3O2. The van der Waals surface area contributed by atoms with E-state index in [1.165, 1.54) is 30.5 Å². The summed E-state index contributed by atoms with van der Waals surface area (Å²) in [7, 11) is 0. The maximum Gasteiger partial charge on any atom is 0.422 e. The summed E-state index contributed by atoms with van der Waals surface area (Å²) in [5.74, 6) is -0.983. The molecule has 0 fully saturated rings. The number of nitrogens with zero attached hydrogens (tertiary/aromatic N) is 2. The lowest BCUT2D eigenvalue weighted by atomic mass is 10.1. The molecule has 0 bridgehead atoms. The van der Waals surface area contributed by atoms with E-state index in [4.69, 9.17) is 0 Å². The van der Waals surface area contributed by atoms with Gasteiger partial charge >= 0.3 is 6.18 Å². The van der Waals surface area contributed by atoms with Gasteiger partial charge in [-0.3, -0.25) is 4.79 Å². The van der Waals surface area contributed by atoms with Gasteiger partial charge in [-0.15, -0.1) is 0 Å². The summed E-state index contributed by atoms with van der Waals surface area (Å²) in [5.41, 5.74) is 0.496. The minimum Gasteiger partial charge on any atom is -0.468 e. The van der Waals surface area contributed by atoms with Crippen molar-refractivity contribution in [1.29, 1.82) is 0 Å². The Morgan fingerprint density at radius 3 is 2.75 bits per heavy atom. The fourth-order valence-corrected chi connectivity index (χ4v) is 1.77. The Balaban J connectivity index is 1.86. The van der Waals surface area contributed by atoms with Crippen molar-refractivity contribution < 1.29 is 27.1 Å². The summed E-state index contributed by atoms with van der Waals surface area (Å²) in [6.45, 7) is -1.55. The number of carbonyl (C=O) groups excluding carboxylic acids is 1. The molecule has 0 radical (unpaired) electrons. The number of carbonyl (C=O) groups is 1. The van der Waals surface area contributed by atoms with Crippen LogP contribution in [-0.4, -0.2) is 28.7 Å². The highest BCUT2D eigenvalue weighted by Gasteiger charge is 2.28. The third-order valence-electron chi connectivity index (χ3n) is 2.76. The van der Waals surface area contributed by atoms with Gasteiger partial charge in [-0.25, -0.2) is 9.37 Å². The molecule has 0 saturated carbocycles. The van der Waals surface area contributed by atoms with Gasteiger partial charge in [-0.1, -0.05) is 12.1 Å². The summed E-state index contributed by atoms with van der Waals surface area (Å²) >= 11 is 0. The summed E-state index contributed by atoms with van der Waals surface area (Å²) in [4.78, 5) is 19.4. The number of benzene rings is 1. The molecule has 1 heterocycles. The number of hydrogen-bond donors (Lipinski definition) is 1. The van der Waals surface area contributed by atoms with Crippen LogP contribution in [0.5, 0.6) is 5.88 Å². The topological polar surface area (TPSA) is 64.1 Å². The van der Waals surface area contributed by atoms with Gasteiger partial charge < -0.3 is 10.1 Å². The van der Waals surface area contributed by atoms with Gasteiger partial charge in [0.15, 0.2) is 12.4 Å². The number of rotatable bonds is 6. The molecule has 0 spiro atoms. The van der Waals surface area contributed by atoms with Crippen LogP contribution in [-0.2, 0) is 17.8 Å². The summed E-state index contributed by atoms with van der Waals surface area (Å²) < 4.78 is 53.8. The highest BCUT2D eigenvalue weighted by molar-refractivity contribution is 5.78. The van der Waals surface area contributed by atoms with E-state index in [9.17, 15) is 22.4 Å². The fraction of sp³-hybridized carbons (Fsp3) is 0.267. The van der Waals surface area contributed by atoms with E-state index in [2.05, 4.69) is 20.0 Å². The molecule has 5 nitrogen and oxygen atoms in total. The largest absolute Gasteiger partial charge is 0.468 e. The molecule has 1 amide bonds. The highest BCUT2D eigenvalue weighted by Crippen LogP contribution is 2.16. The molecule has 1 aromatic heterocycles. The van der Waals surface area contributed by atoms with Gasteiger partial charge in [-0.2, -0.15) is 18.2 Å². The van der Waals surface area contributed by atoms with Gasteiger partial charge in [0.2, 0.25) is 11.8 Å². The zero-order valence-electron chi connectivity index (χ0n) is 12.3. The molecule has 0 saturated heterocycles. The summed E-state index contributed by atoms with van der Waals surface area (Å²) in [6, 6.07) is 6.78. The minimum absolute atomic E-state index is 0.0397. The zero-order valence-corrected chi connectivity index (χ0v) is 12.3. The van der Waals surface area contributed by atoms with Gasteiger partial charge in [-0.05, 0) is 17.7 Å². The van der Waals surface area contributed by atoms with Crippen molar-refractivity contribution >= 4 is 5.91 Å². The summed E-state index contributed by atoms with van der Waals surface area (Å²) in [6.07, 6.45) is -3.28. The van der Waals surface area contributed by atoms with Gasteiger partial charge in [0, 0.05) is 12.3 Å². The second-order valence-electron chi connectivity index (χ2n) is 4.80. The van der Waals surface area contributed by atoms with Crippen molar-refractivity contribution in [3.63, 3.8) is 0 Å². The van der Waals surface area contributed by atoms with Crippen LogP contribution in [0.4, 0.5) is 17.6 Å². The molecular weight excluding hydrogens is 330 g/mol. The van der Waals surface area contributed by atoms with E-state index in [1.807, 2.05) is 0 Å². The predicted molar refractivity (Wildman–Crippen MR) is 75.5 cm³/mol. The zero-order chi connectivity index (χ0) is 17.6. The predicted octanol–water partition coefficient (Wildman–Crippen LogP) is 2.42. The fourth-order valence-electron chi connectivity index (χ4n) is 1.77. The Bertz CT molecular complexity index is 707. The van der Waals surface area contributed by atoms with Crippen molar-refractivity contribution in [2.75, 3.05) is 6.61 Å². The first-order valence-corrected chi connectivity index (χ1v) is 6.84. The first kappa shape index (κ1) is 17.6. The van der Waals surface area contributed by atoms with E-state index in [-0.39, 0.29) is 24.7 Å².